The number of amides is 2. The van der Waals surface area contributed by atoms with Crippen molar-refractivity contribution in [1.82, 2.24) is 9.88 Å². The fraction of sp³-hybridized carbons (Fsp3) is 0.636. The zero-order valence-corrected chi connectivity index (χ0v) is 24.4. The minimum absolute atomic E-state index is 0.127. The van der Waals surface area contributed by atoms with Crippen molar-refractivity contribution in [2.24, 2.45) is 17.1 Å². The van der Waals surface area contributed by atoms with Gasteiger partial charge in [0.2, 0.25) is 5.91 Å². The maximum Gasteiger partial charge on any atom is 0.253 e. The second-order valence-electron chi connectivity index (χ2n) is 13.1. The van der Waals surface area contributed by atoms with E-state index in [-0.39, 0.29) is 23.8 Å². The number of rotatable bonds is 9. The summed E-state index contributed by atoms with van der Waals surface area (Å²) in [5.74, 6) is 0.581. The Balaban J connectivity index is 1.50. The second kappa shape index (κ2) is 11.1. The number of nitrogens with zero attached hydrogens (tertiary/aromatic N) is 1. The standard InChI is InChI=1S/C33H47N3O3/c1-22(2)25-16-26(18-27(17-25)32(4)10-11-32)29-19-28(23(3)36(29)20-24-8-6-5-7-9-24)30(37)35-21-33(31(34)38)12-14-39-15-13-33/h16-19,22,24H,5-15,20-21H2,1-4H3,(H2,34,38)(H,35,37). The smallest absolute Gasteiger partial charge is 0.253 e. The average Bonchev–Trinajstić information content (AvgIpc) is 3.62. The third-order valence-corrected chi connectivity index (χ3v) is 9.95. The predicted molar refractivity (Wildman–Crippen MR) is 156 cm³/mol. The number of nitrogens with two attached hydrogens (primary N) is 1. The first-order chi connectivity index (χ1) is 18.6. The molecule has 2 aromatic rings. The molecule has 0 atom stereocenters. The lowest BCUT2D eigenvalue weighted by Crippen LogP contribution is -2.49. The molecule has 2 saturated carbocycles. The van der Waals surface area contributed by atoms with Gasteiger partial charge in [-0.2, -0.15) is 0 Å². The first kappa shape index (κ1) is 27.9. The third-order valence-electron chi connectivity index (χ3n) is 9.95. The lowest BCUT2D eigenvalue weighted by Gasteiger charge is -2.34. The Bertz CT molecular complexity index is 1210. The Morgan fingerprint density at radius 1 is 1.05 bits per heavy atom. The van der Waals surface area contributed by atoms with Crippen LogP contribution in [0.5, 0.6) is 0 Å². The van der Waals surface area contributed by atoms with Gasteiger partial charge in [0.25, 0.3) is 5.91 Å². The molecule has 3 aliphatic rings. The van der Waals surface area contributed by atoms with Crippen LogP contribution in [0.4, 0.5) is 0 Å². The summed E-state index contributed by atoms with van der Waals surface area (Å²) in [6.07, 6.45) is 9.95. The molecule has 5 rings (SSSR count). The van der Waals surface area contributed by atoms with Gasteiger partial charge in [-0.25, -0.2) is 0 Å². The maximum absolute atomic E-state index is 13.7. The lowest BCUT2D eigenvalue weighted by atomic mass is 9.79. The molecule has 39 heavy (non-hydrogen) atoms. The Morgan fingerprint density at radius 2 is 1.74 bits per heavy atom. The van der Waals surface area contributed by atoms with E-state index in [1.165, 1.54) is 61.6 Å². The van der Waals surface area contributed by atoms with E-state index < -0.39 is 5.41 Å². The van der Waals surface area contributed by atoms with Crippen LogP contribution in [-0.4, -0.2) is 36.1 Å². The van der Waals surface area contributed by atoms with Crippen molar-refractivity contribution >= 4 is 11.8 Å². The topological polar surface area (TPSA) is 86.3 Å². The number of hydrogen-bond acceptors (Lipinski definition) is 3. The van der Waals surface area contributed by atoms with Crippen molar-refractivity contribution in [3.63, 3.8) is 0 Å². The van der Waals surface area contributed by atoms with Gasteiger partial charge in [-0.05, 0) is 97.6 Å². The van der Waals surface area contributed by atoms with Crippen molar-refractivity contribution in [1.29, 1.82) is 0 Å². The number of ether oxygens (including phenoxy) is 1. The molecular formula is C33H47N3O3. The van der Waals surface area contributed by atoms with Crippen LogP contribution < -0.4 is 11.1 Å². The van der Waals surface area contributed by atoms with E-state index >= 15 is 0 Å². The number of hydrogen-bond donors (Lipinski definition) is 2. The lowest BCUT2D eigenvalue weighted by molar-refractivity contribution is -0.132. The molecule has 1 aromatic heterocycles. The van der Waals surface area contributed by atoms with E-state index in [4.69, 9.17) is 10.5 Å². The summed E-state index contributed by atoms with van der Waals surface area (Å²) in [6, 6.07) is 9.19. The zero-order valence-electron chi connectivity index (χ0n) is 24.4. The molecule has 212 valence electrons. The molecule has 2 amide bonds. The van der Waals surface area contributed by atoms with Gasteiger partial charge >= 0.3 is 0 Å². The predicted octanol–water partition coefficient (Wildman–Crippen LogP) is 6.23. The van der Waals surface area contributed by atoms with Crippen molar-refractivity contribution < 1.29 is 14.3 Å². The molecule has 2 heterocycles. The molecule has 1 aromatic carbocycles. The Hall–Kier alpha value is -2.60. The largest absolute Gasteiger partial charge is 0.381 e. The molecule has 6 nitrogen and oxygen atoms in total. The summed E-state index contributed by atoms with van der Waals surface area (Å²) in [5, 5.41) is 3.09. The highest BCUT2D eigenvalue weighted by Gasteiger charge is 2.40. The average molecular weight is 534 g/mol. The molecule has 1 aliphatic heterocycles. The number of primary amides is 1. The van der Waals surface area contributed by atoms with Crippen LogP contribution in [-0.2, 0) is 21.5 Å². The van der Waals surface area contributed by atoms with Crippen LogP contribution in [0.15, 0.2) is 24.3 Å². The number of aromatic nitrogens is 1. The first-order valence-corrected chi connectivity index (χ1v) is 15.1. The molecule has 1 saturated heterocycles. The van der Waals surface area contributed by atoms with E-state index in [1.54, 1.807) is 0 Å². The number of carbonyl (C=O) groups excluding carboxylic acids is 2. The third kappa shape index (κ3) is 5.82. The van der Waals surface area contributed by atoms with E-state index in [2.05, 4.69) is 61.8 Å². The molecular weight excluding hydrogens is 486 g/mol. The van der Waals surface area contributed by atoms with Gasteiger partial charge in [-0.15, -0.1) is 0 Å². The zero-order chi connectivity index (χ0) is 27.8. The van der Waals surface area contributed by atoms with Gasteiger partial charge in [0.15, 0.2) is 0 Å². The molecule has 3 N–H and O–H groups in total. The highest BCUT2D eigenvalue weighted by atomic mass is 16.5. The molecule has 0 bridgehead atoms. The molecule has 0 unspecified atom stereocenters. The number of carbonyl (C=O) groups is 2. The van der Waals surface area contributed by atoms with Gasteiger partial charge in [-0.1, -0.05) is 46.1 Å². The molecule has 3 fully saturated rings. The fourth-order valence-corrected chi connectivity index (χ4v) is 6.55. The van der Waals surface area contributed by atoms with Gasteiger partial charge in [0.1, 0.15) is 0 Å². The number of benzene rings is 1. The highest BCUT2D eigenvalue weighted by molar-refractivity contribution is 5.97. The van der Waals surface area contributed by atoms with Gasteiger partial charge in [0.05, 0.1) is 11.0 Å². The summed E-state index contributed by atoms with van der Waals surface area (Å²) < 4.78 is 7.87. The maximum atomic E-state index is 13.7. The van der Waals surface area contributed by atoms with E-state index in [9.17, 15) is 9.59 Å². The minimum atomic E-state index is -0.741. The Morgan fingerprint density at radius 3 is 2.36 bits per heavy atom. The SMILES string of the molecule is Cc1c(C(=O)NCC2(C(N)=O)CCOCC2)cc(-c2cc(C(C)C)cc(C3(C)CC3)c2)n1CC1CCCCC1. The van der Waals surface area contributed by atoms with Crippen LogP contribution in [0.3, 0.4) is 0 Å². The summed E-state index contributed by atoms with van der Waals surface area (Å²) >= 11 is 0. The normalized spacial score (nSPS) is 20.6. The molecule has 6 heteroatoms. The monoisotopic (exact) mass is 533 g/mol. The van der Waals surface area contributed by atoms with Crippen LogP contribution >= 0.6 is 0 Å². The van der Waals surface area contributed by atoms with Crippen molar-refractivity contribution in [3.05, 3.63) is 46.6 Å². The molecule has 0 spiro atoms. The first-order valence-electron chi connectivity index (χ1n) is 15.1. The number of nitrogens with one attached hydrogen (secondary N) is 1. The van der Waals surface area contributed by atoms with Crippen molar-refractivity contribution in [2.45, 2.75) is 103 Å². The molecule has 2 aliphatic carbocycles. The quantitative estimate of drug-likeness (QED) is 0.401. The van der Waals surface area contributed by atoms with E-state index in [1.807, 2.05) is 0 Å². The minimum Gasteiger partial charge on any atom is -0.381 e. The summed E-state index contributed by atoms with van der Waals surface area (Å²) in [5.41, 5.74) is 12.1. The van der Waals surface area contributed by atoms with Crippen LogP contribution in [0.25, 0.3) is 11.3 Å². The summed E-state index contributed by atoms with van der Waals surface area (Å²) in [7, 11) is 0. The Kier molecular flexibility index (Phi) is 7.96. The highest BCUT2D eigenvalue weighted by Crippen LogP contribution is 2.49. The van der Waals surface area contributed by atoms with Crippen molar-refractivity contribution in [2.75, 3.05) is 19.8 Å². The van der Waals surface area contributed by atoms with Crippen LogP contribution in [0, 0.1) is 18.3 Å². The Labute approximate surface area is 234 Å². The van der Waals surface area contributed by atoms with Gasteiger partial charge < -0.3 is 20.4 Å². The van der Waals surface area contributed by atoms with Gasteiger partial charge in [-0.3, -0.25) is 9.59 Å². The fourth-order valence-electron chi connectivity index (χ4n) is 6.55. The summed E-state index contributed by atoms with van der Waals surface area (Å²) in [6.45, 7) is 11.1. The van der Waals surface area contributed by atoms with E-state index in [0.717, 1.165) is 17.9 Å². The van der Waals surface area contributed by atoms with Crippen LogP contribution in [0.1, 0.15) is 112 Å². The van der Waals surface area contributed by atoms with Crippen LogP contribution in [0.2, 0.25) is 0 Å². The summed E-state index contributed by atoms with van der Waals surface area (Å²) in [4.78, 5) is 26.0. The van der Waals surface area contributed by atoms with Crippen molar-refractivity contribution in [3.8, 4) is 11.3 Å². The van der Waals surface area contributed by atoms with Gasteiger partial charge in [0, 0.05) is 37.7 Å². The van der Waals surface area contributed by atoms with E-state index in [0.29, 0.717) is 43.5 Å². The second-order valence-corrected chi connectivity index (χ2v) is 13.1. The molecule has 0 radical (unpaired) electrons.